The number of hydrogen-bond acceptors (Lipinski definition) is 3. The van der Waals surface area contributed by atoms with Crippen LogP contribution in [0.25, 0.3) is 0 Å². The third-order valence-electron chi connectivity index (χ3n) is 4.18. The van der Waals surface area contributed by atoms with Gasteiger partial charge in [-0.25, -0.2) is 4.39 Å². The minimum Gasteiger partial charge on any atom is -0.376 e. The van der Waals surface area contributed by atoms with Crippen molar-refractivity contribution in [2.45, 2.75) is 13.5 Å². The lowest BCUT2D eigenvalue weighted by Gasteiger charge is -2.16. The summed E-state index contributed by atoms with van der Waals surface area (Å²) in [6.07, 6.45) is 0. The number of rotatable bonds is 10. The van der Waals surface area contributed by atoms with Crippen LogP contribution in [0.3, 0.4) is 0 Å². The van der Waals surface area contributed by atoms with Crippen molar-refractivity contribution in [2.75, 3.05) is 33.3 Å². The molecule has 0 heterocycles. The zero-order valence-corrected chi connectivity index (χ0v) is 17.0. The molecule has 6 nitrogen and oxygen atoms in total. The second-order valence-electron chi connectivity index (χ2n) is 6.72. The van der Waals surface area contributed by atoms with Crippen LogP contribution in [0, 0.1) is 11.7 Å². The maximum absolute atomic E-state index is 13.6. The average molecular weight is 400 g/mol. The van der Waals surface area contributed by atoms with Gasteiger partial charge in [0.1, 0.15) is 5.82 Å². The van der Waals surface area contributed by atoms with Crippen LogP contribution in [-0.2, 0) is 11.3 Å². The minimum atomic E-state index is -0.529. The van der Waals surface area contributed by atoms with Crippen LogP contribution in [0.1, 0.15) is 22.8 Å². The van der Waals surface area contributed by atoms with Crippen molar-refractivity contribution in [3.05, 3.63) is 71.5 Å². The molecule has 1 unspecified atom stereocenters. The van der Waals surface area contributed by atoms with Gasteiger partial charge in [0.25, 0.3) is 5.91 Å². The van der Waals surface area contributed by atoms with Crippen LogP contribution in [-0.4, -0.2) is 45.2 Å². The fraction of sp³-hybridized carbons (Fsp3) is 0.364. The second kappa shape index (κ2) is 12.5. The summed E-state index contributed by atoms with van der Waals surface area (Å²) in [5.41, 5.74) is 1.20. The monoisotopic (exact) mass is 400 g/mol. The normalized spacial score (nSPS) is 12.3. The molecule has 1 amide bonds. The predicted molar refractivity (Wildman–Crippen MR) is 113 cm³/mol. The zero-order valence-electron chi connectivity index (χ0n) is 17.0. The Balaban J connectivity index is 1.59. The van der Waals surface area contributed by atoms with Crippen molar-refractivity contribution in [3.63, 3.8) is 0 Å². The Morgan fingerprint density at radius 3 is 2.45 bits per heavy atom. The molecular formula is C22H29FN4O2. The van der Waals surface area contributed by atoms with Crippen LogP contribution in [0.15, 0.2) is 59.6 Å². The van der Waals surface area contributed by atoms with Crippen LogP contribution in [0.2, 0.25) is 0 Å². The van der Waals surface area contributed by atoms with Gasteiger partial charge in [-0.05, 0) is 23.6 Å². The van der Waals surface area contributed by atoms with E-state index in [9.17, 15) is 9.18 Å². The molecule has 0 fully saturated rings. The summed E-state index contributed by atoms with van der Waals surface area (Å²) in [7, 11) is 1.68. The van der Waals surface area contributed by atoms with E-state index in [-0.39, 0.29) is 5.56 Å². The van der Waals surface area contributed by atoms with Gasteiger partial charge >= 0.3 is 0 Å². The van der Waals surface area contributed by atoms with Crippen LogP contribution < -0.4 is 16.0 Å². The molecule has 2 aromatic rings. The van der Waals surface area contributed by atoms with Gasteiger partial charge in [-0.1, -0.05) is 49.4 Å². The Kier molecular flexibility index (Phi) is 9.65. The number of halogens is 1. The van der Waals surface area contributed by atoms with Crippen molar-refractivity contribution in [3.8, 4) is 0 Å². The number of benzene rings is 2. The number of carbonyl (C=O) groups excluding carboxylic acids is 1. The number of nitrogens with zero attached hydrogens (tertiary/aromatic N) is 1. The van der Waals surface area contributed by atoms with Gasteiger partial charge in [0, 0.05) is 26.7 Å². The van der Waals surface area contributed by atoms with E-state index in [0.717, 1.165) is 5.56 Å². The van der Waals surface area contributed by atoms with E-state index < -0.39 is 11.7 Å². The number of ether oxygens (including phenoxy) is 1. The molecule has 0 aromatic heterocycles. The predicted octanol–water partition coefficient (Wildman–Crippen LogP) is 2.57. The number of hydrogen-bond donors (Lipinski definition) is 3. The van der Waals surface area contributed by atoms with E-state index in [1.165, 1.54) is 12.1 Å². The molecule has 0 aliphatic carbocycles. The maximum Gasteiger partial charge on any atom is 0.254 e. The zero-order chi connectivity index (χ0) is 20.9. The second-order valence-corrected chi connectivity index (χ2v) is 6.72. The first-order valence-electron chi connectivity index (χ1n) is 9.69. The lowest BCUT2D eigenvalue weighted by Crippen LogP contribution is -2.43. The first kappa shape index (κ1) is 22.4. The standard InChI is InChI=1S/C22H29FN4O2/c1-17(15-29-16-18-8-4-3-5-9-18)14-27-22(24-2)26-13-12-25-21(28)19-10-6-7-11-20(19)23/h3-11,17H,12-16H2,1-2H3,(H,25,28)(H2,24,26,27). The van der Waals surface area contributed by atoms with Crippen molar-refractivity contribution < 1.29 is 13.9 Å². The summed E-state index contributed by atoms with van der Waals surface area (Å²) in [5.74, 6) is -0.0194. The summed E-state index contributed by atoms with van der Waals surface area (Å²) in [6.45, 7) is 4.86. The van der Waals surface area contributed by atoms with E-state index in [0.29, 0.717) is 44.7 Å². The Labute approximate surface area is 171 Å². The van der Waals surface area contributed by atoms with Crippen molar-refractivity contribution in [2.24, 2.45) is 10.9 Å². The average Bonchev–Trinajstić information content (AvgIpc) is 2.74. The van der Waals surface area contributed by atoms with Gasteiger partial charge in [-0.15, -0.1) is 0 Å². The molecule has 0 bridgehead atoms. The fourth-order valence-electron chi connectivity index (χ4n) is 2.60. The Morgan fingerprint density at radius 2 is 1.72 bits per heavy atom. The van der Waals surface area contributed by atoms with Gasteiger partial charge in [0.2, 0.25) is 0 Å². The highest BCUT2D eigenvalue weighted by Crippen LogP contribution is 2.05. The van der Waals surface area contributed by atoms with Crippen molar-refractivity contribution in [1.82, 2.24) is 16.0 Å². The first-order valence-corrected chi connectivity index (χ1v) is 9.69. The summed E-state index contributed by atoms with van der Waals surface area (Å²) in [5, 5.41) is 9.03. The van der Waals surface area contributed by atoms with Gasteiger partial charge in [-0.2, -0.15) is 0 Å². The lowest BCUT2D eigenvalue weighted by molar-refractivity contribution is 0.0930. The Hall–Kier alpha value is -2.93. The van der Waals surface area contributed by atoms with E-state index >= 15 is 0 Å². The van der Waals surface area contributed by atoms with E-state index in [1.54, 1.807) is 19.2 Å². The summed E-state index contributed by atoms with van der Waals surface area (Å²) in [6, 6.07) is 16.0. The molecular weight excluding hydrogens is 371 g/mol. The quantitative estimate of drug-likeness (QED) is 0.326. The van der Waals surface area contributed by atoms with Crippen molar-refractivity contribution >= 4 is 11.9 Å². The van der Waals surface area contributed by atoms with Crippen molar-refractivity contribution in [1.29, 1.82) is 0 Å². The molecule has 7 heteroatoms. The van der Waals surface area contributed by atoms with Crippen LogP contribution in [0.5, 0.6) is 0 Å². The lowest BCUT2D eigenvalue weighted by atomic mass is 10.2. The van der Waals surface area contributed by atoms with E-state index in [4.69, 9.17) is 4.74 Å². The van der Waals surface area contributed by atoms with Gasteiger partial charge in [0.05, 0.1) is 18.8 Å². The molecule has 0 saturated heterocycles. The number of aliphatic imine (C=N–C) groups is 1. The van der Waals surface area contributed by atoms with Gasteiger partial charge in [-0.3, -0.25) is 9.79 Å². The number of amides is 1. The van der Waals surface area contributed by atoms with Crippen LogP contribution >= 0.6 is 0 Å². The highest BCUT2D eigenvalue weighted by molar-refractivity contribution is 5.94. The molecule has 156 valence electrons. The summed E-state index contributed by atoms with van der Waals surface area (Å²) < 4.78 is 19.3. The molecule has 2 rings (SSSR count). The topological polar surface area (TPSA) is 74.8 Å². The smallest absolute Gasteiger partial charge is 0.254 e. The Morgan fingerprint density at radius 1 is 1.03 bits per heavy atom. The number of carbonyl (C=O) groups is 1. The molecule has 2 aromatic carbocycles. The summed E-state index contributed by atoms with van der Waals surface area (Å²) >= 11 is 0. The minimum absolute atomic E-state index is 0.0411. The largest absolute Gasteiger partial charge is 0.376 e. The molecule has 3 N–H and O–H groups in total. The summed E-state index contributed by atoms with van der Waals surface area (Å²) in [4.78, 5) is 16.1. The molecule has 0 spiro atoms. The number of guanidine groups is 1. The molecule has 0 radical (unpaired) electrons. The molecule has 29 heavy (non-hydrogen) atoms. The van der Waals surface area contributed by atoms with Gasteiger partial charge in [0.15, 0.2) is 5.96 Å². The first-order chi connectivity index (χ1) is 14.1. The highest BCUT2D eigenvalue weighted by Gasteiger charge is 2.10. The van der Waals surface area contributed by atoms with E-state index in [2.05, 4.69) is 27.9 Å². The third-order valence-corrected chi connectivity index (χ3v) is 4.18. The third kappa shape index (κ3) is 8.31. The van der Waals surface area contributed by atoms with Gasteiger partial charge < -0.3 is 20.7 Å². The SMILES string of the molecule is CN=C(NCCNC(=O)c1ccccc1F)NCC(C)COCc1ccccc1. The molecule has 0 saturated carbocycles. The number of nitrogens with one attached hydrogen (secondary N) is 3. The Bertz CT molecular complexity index is 783. The maximum atomic E-state index is 13.6. The molecule has 1 atom stereocenters. The highest BCUT2D eigenvalue weighted by atomic mass is 19.1. The van der Waals surface area contributed by atoms with E-state index in [1.807, 2.05) is 30.3 Å². The molecule has 0 aliphatic rings. The fourth-order valence-corrected chi connectivity index (χ4v) is 2.60. The van der Waals surface area contributed by atoms with Crippen LogP contribution in [0.4, 0.5) is 4.39 Å². The molecule has 0 aliphatic heterocycles.